The second-order valence-corrected chi connectivity index (χ2v) is 6.56. The maximum absolute atomic E-state index is 13.2. The number of nitrogens with zero attached hydrogens (tertiary/aromatic N) is 1. The number of aliphatic carboxylic acids is 1. The first-order chi connectivity index (χ1) is 12.0. The highest BCUT2D eigenvalue weighted by molar-refractivity contribution is 7.17. The molecule has 2 rings (SSSR count). The van der Waals surface area contributed by atoms with Gasteiger partial charge in [-0.3, -0.25) is 0 Å². The standard InChI is InChI=1S/C17H20FNO5S/c1-19(6-9-24-17(22)16(20)21)5-8-23-7-4-12-2-3-14-13(10-12)11-15(18)25-14/h2-3,10-11H,4-9H2,1H3,(H,20,21). The smallest absolute Gasteiger partial charge is 0.417 e. The zero-order valence-corrected chi connectivity index (χ0v) is 14.7. The molecule has 0 aliphatic carbocycles. The average molecular weight is 369 g/mol. The number of carboxylic acids is 1. The lowest BCUT2D eigenvalue weighted by atomic mass is 10.1. The van der Waals surface area contributed by atoms with E-state index in [1.54, 1.807) is 0 Å². The molecule has 0 saturated heterocycles. The largest absolute Gasteiger partial charge is 0.473 e. The van der Waals surface area contributed by atoms with Gasteiger partial charge in [-0.25, -0.2) is 9.59 Å². The summed E-state index contributed by atoms with van der Waals surface area (Å²) in [6.45, 7) is 2.17. The number of hydrogen-bond acceptors (Lipinski definition) is 6. The van der Waals surface area contributed by atoms with E-state index in [2.05, 4.69) is 4.74 Å². The lowest BCUT2D eigenvalue weighted by Crippen LogP contribution is -2.29. The number of carbonyl (C=O) groups is 2. The SMILES string of the molecule is CN(CCOCCc1ccc2sc(F)cc2c1)CCOC(=O)C(=O)O. The van der Waals surface area contributed by atoms with Crippen molar-refractivity contribution < 1.29 is 28.6 Å². The number of hydrogen-bond donors (Lipinski definition) is 1. The second-order valence-electron chi connectivity index (χ2n) is 5.53. The Balaban J connectivity index is 1.59. The Kier molecular flexibility index (Phi) is 7.30. The van der Waals surface area contributed by atoms with E-state index in [9.17, 15) is 14.0 Å². The fourth-order valence-corrected chi connectivity index (χ4v) is 2.96. The van der Waals surface area contributed by atoms with Crippen LogP contribution in [-0.2, 0) is 25.5 Å². The van der Waals surface area contributed by atoms with Crippen LogP contribution in [-0.4, -0.2) is 61.9 Å². The molecule has 1 heterocycles. The van der Waals surface area contributed by atoms with Gasteiger partial charge in [-0.2, -0.15) is 4.39 Å². The van der Waals surface area contributed by atoms with E-state index in [1.165, 1.54) is 6.07 Å². The summed E-state index contributed by atoms with van der Waals surface area (Å²) in [6, 6.07) is 7.41. The van der Waals surface area contributed by atoms with Crippen molar-refractivity contribution in [3.8, 4) is 0 Å². The molecule has 8 heteroatoms. The number of fused-ring (bicyclic) bond motifs is 1. The van der Waals surface area contributed by atoms with E-state index in [0.29, 0.717) is 26.3 Å². The lowest BCUT2D eigenvalue weighted by Gasteiger charge is -2.16. The van der Waals surface area contributed by atoms with Crippen molar-refractivity contribution in [1.82, 2.24) is 4.90 Å². The molecule has 136 valence electrons. The van der Waals surface area contributed by atoms with Crippen LogP contribution in [0.3, 0.4) is 0 Å². The molecule has 0 fully saturated rings. The van der Waals surface area contributed by atoms with Crippen molar-refractivity contribution >= 4 is 33.4 Å². The number of rotatable bonds is 9. The molecule has 2 aromatic rings. The molecule has 0 aliphatic heterocycles. The first-order valence-corrected chi connectivity index (χ1v) is 8.61. The van der Waals surface area contributed by atoms with Gasteiger partial charge in [0.05, 0.1) is 13.2 Å². The summed E-state index contributed by atoms with van der Waals surface area (Å²) < 4.78 is 24.2. The number of halogens is 1. The van der Waals surface area contributed by atoms with Crippen LogP contribution in [0.25, 0.3) is 10.1 Å². The van der Waals surface area contributed by atoms with Gasteiger partial charge < -0.3 is 19.5 Å². The van der Waals surface area contributed by atoms with Crippen LogP contribution in [0.15, 0.2) is 24.3 Å². The normalized spacial score (nSPS) is 11.2. The molecular formula is C17H20FNO5S. The highest BCUT2D eigenvalue weighted by Crippen LogP contribution is 2.25. The molecular weight excluding hydrogens is 349 g/mol. The zero-order chi connectivity index (χ0) is 18.2. The van der Waals surface area contributed by atoms with E-state index in [1.807, 2.05) is 30.1 Å². The third kappa shape index (κ3) is 6.41. The van der Waals surface area contributed by atoms with Crippen LogP contribution < -0.4 is 0 Å². The van der Waals surface area contributed by atoms with E-state index >= 15 is 0 Å². The average Bonchev–Trinajstić information content (AvgIpc) is 2.93. The number of carbonyl (C=O) groups excluding carboxylic acids is 1. The fraction of sp³-hybridized carbons (Fsp3) is 0.412. The van der Waals surface area contributed by atoms with Gasteiger partial charge in [0.1, 0.15) is 6.61 Å². The van der Waals surface area contributed by atoms with Gasteiger partial charge in [0, 0.05) is 17.8 Å². The Labute approximate surface area is 148 Å². The topological polar surface area (TPSA) is 76.1 Å². The molecule has 0 radical (unpaired) electrons. The number of likely N-dealkylation sites (N-methyl/N-ethyl adjacent to an activating group) is 1. The van der Waals surface area contributed by atoms with Crippen molar-refractivity contribution in [2.24, 2.45) is 0 Å². The summed E-state index contributed by atoms with van der Waals surface area (Å²) in [6.07, 6.45) is 0.743. The lowest BCUT2D eigenvalue weighted by molar-refractivity contribution is -0.164. The second kappa shape index (κ2) is 9.45. The van der Waals surface area contributed by atoms with Gasteiger partial charge in [0.25, 0.3) is 0 Å². The van der Waals surface area contributed by atoms with Crippen molar-refractivity contribution in [3.05, 3.63) is 35.0 Å². The summed E-state index contributed by atoms with van der Waals surface area (Å²) in [5.74, 6) is -2.83. The molecule has 1 N–H and O–H groups in total. The van der Waals surface area contributed by atoms with Gasteiger partial charge in [0.15, 0.2) is 5.13 Å². The van der Waals surface area contributed by atoms with Crippen molar-refractivity contribution in [3.63, 3.8) is 0 Å². The van der Waals surface area contributed by atoms with Crippen molar-refractivity contribution in [1.29, 1.82) is 0 Å². The quantitative estimate of drug-likeness (QED) is 0.415. The number of thiophene rings is 1. The monoisotopic (exact) mass is 369 g/mol. The first-order valence-electron chi connectivity index (χ1n) is 7.80. The molecule has 0 aliphatic rings. The Hall–Kier alpha value is -2.03. The number of carboxylic acid groups (broad SMARTS) is 1. The summed E-state index contributed by atoms with van der Waals surface area (Å²) in [5, 5.41) is 9.11. The zero-order valence-electron chi connectivity index (χ0n) is 13.9. The minimum atomic E-state index is -1.59. The third-order valence-electron chi connectivity index (χ3n) is 3.58. The summed E-state index contributed by atoms with van der Waals surface area (Å²) in [4.78, 5) is 22.9. The summed E-state index contributed by atoms with van der Waals surface area (Å²) in [7, 11) is 1.83. The van der Waals surface area contributed by atoms with Crippen molar-refractivity contribution in [2.45, 2.75) is 6.42 Å². The van der Waals surface area contributed by atoms with Gasteiger partial charge in [-0.15, -0.1) is 11.3 Å². The summed E-state index contributed by atoms with van der Waals surface area (Å²) in [5.41, 5.74) is 1.10. The van der Waals surface area contributed by atoms with Crippen molar-refractivity contribution in [2.75, 3.05) is 40.0 Å². The molecule has 1 aromatic heterocycles. The maximum atomic E-state index is 13.2. The molecule has 0 amide bonds. The number of benzene rings is 1. The van der Waals surface area contributed by atoms with Gasteiger partial charge in [0.2, 0.25) is 0 Å². The highest BCUT2D eigenvalue weighted by Gasteiger charge is 2.12. The van der Waals surface area contributed by atoms with E-state index < -0.39 is 11.9 Å². The van der Waals surface area contributed by atoms with E-state index in [-0.39, 0.29) is 11.7 Å². The van der Waals surface area contributed by atoms with Gasteiger partial charge in [-0.1, -0.05) is 12.1 Å². The fourth-order valence-electron chi connectivity index (χ4n) is 2.20. The van der Waals surface area contributed by atoms with Gasteiger partial charge in [-0.05, 0) is 36.6 Å². The predicted molar refractivity (Wildman–Crippen MR) is 92.4 cm³/mol. The third-order valence-corrected chi connectivity index (χ3v) is 4.49. The first kappa shape index (κ1) is 19.3. The Bertz CT molecular complexity index is 733. The maximum Gasteiger partial charge on any atom is 0.417 e. The van der Waals surface area contributed by atoms with Crippen LogP contribution in [0.1, 0.15) is 5.56 Å². The molecule has 0 unspecified atom stereocenters. The minimum absolute atomic E-state index is 0.0266. The van der Waals surface area contributed by atoms with Crippen LogP contribution in [0.2, 0.25) is 0 Å². The molecule has 0 spiro atoms. The molecule has 0 saturated carbocycles. The van der Waals surface area contributed by atoms with Crippen LogP contribution in [0.4, 0.5) is 4.39 Å². The summed E-state index contributed by atoms with van der Waals surface area (Å²) >= 11 is 1.14. The van der Waals surface area contributed by atoms with Gasteiger partial charge >= 0.3 is 11.9 Å². The van der Waals surface area contributed by atoms with Crippen LogP contribution >= 0.6 is 11.3 Å². The van der Waals surface area contributed by atoms with E-state index in [4.69, 9.17) is 9.84 Å². The van der Waals surface area contributed by atoms with E-state index in [0.717, 1.165) is 33.4 Å². The van der Waals surface area contributed by atoms with Crippen LogP contribution in [0.5, 0.6) is 0 Å². The number of esters is 1. The highest BCUT2D eigenvalue weighted by atomic mass is 32.1. The molecule has 6 nitrogen and oxygen atoms in total. The molecule has 0 bridgehead atoms. The predicted octanol–water partition coefficient (Wildman–Crippen LogP) is 2.16. The molecule has 0 atom stereocenters. The Morgan fingerprint density at radius 3 is 2.72 bits per heavy atom. The van der Waals surface area contributed by atoms with Crippen LogP contribution in [0, 0.1) is 5.13 Å². The molecule has 25 heavy (non-hydrogen) atoms. The molecule has 1 aromatic carbocycles. The minimum Gasteiger partial charge on any atom is -0.473 e. The Morgan fingerprint density at radius 1 is 1.20 bits per heavy atom. The number of ether oxygens (including phenoxy) is 2. The Morgan fingerprint density at radius 2 is 1.96 bits per heavy atom.